The van der Waals surface area contributed by atoms with Gasteiger partial charge in [0.25, 0.3) is 0 Å². The van der Waals surface area contributed by atoms with Crippen molar-refractivity contribution in [3.05, 3.63) is 47.5 Å². The van der Waals surface area contributed by atoms with Gasteiger partial charge in [0.2, 0.25) is 15.9 Å². The highest BCUT2D eigenvalue weighted by Crippen LogP contribution is 2.29. The molecule has 1 N–H and O–H groups in total. The Morgan fingerprint density at radius 2 is 1.89 bits per heavy atom. The smallest absolute Gasteiger partial charge is 0.247 e. The first-order valence-corrected chi connectivity index (χ1v) is 9.93. The molecule has 0 fully saturated rings. The first-order valence-electron chi connectivity index (χ1n) is 8.11. The zero-order chi connectivity index (χ0) is 20.0. The van der Waals surface area contributed by atoms with Crippen molar-refractivity contribution in [1.29, 1.82) is 0 Å². The van der Waals surface area contributed by atoms with E-state index in [0.717, 1.165) is 4.31 Å². The van der Waals surface area contributed by atoms with Crippen molar-refractivity contribution in [2.75, 3.05) is 32.6 Å². The number of nitrogens with one attached hydrogen (secondary N) is 1. The van der Waals surface area contributed by atoms with Crippen LogP contribution in [-0.2, 0) is 14.8 Å². The van der Waals surface area contributed by atoms with Crippen LogP contribution in [0.1, 0.15) is 6.92 Å². The summed E-state index contributed by atoms with van der Waals surface area (Å²) in [6.07, 6.45) is 0. The molecule has 0 saturated heterocycles. The van der Waals surface area contributed by atoms with Gasteiger partial charge < -0.3 is 14.8 Å². The SMILES string of the molecule is CCOc1ccccc1NC(=O)CN(C)S(=O)(=O)c1cc(Cl)ccc1OC. The number of carbonyl (C=O) groups is 1. The molecule has 0 aliphatic carbocycles. The lowest BCUT2D eigenvalue weighted by atomic mass is 10.3. The molecule has 2 aromatic carbocycles. The van der Waals surface area contributed by atoms with Gasteiger partial charge in [0.05, 0.1) is 25.9 Å². The summed E-state index contributed by atoms with van der Waals surface area (Å²) in [5.41, 5.74) is 0.468. The highest BCUT2D eigenvalue weighted by molar-refractivity contribution is 7.89. The van der Waals surface area contributed by atoms with Crippen molar-refractivity contribution < 1.29 is 22.7 Å². The third kappa shape index (κ3) is 5.12. The van der Waals surface area contributed by atoms with Crippen LogP contribution in [0, 0.1) is 0 Å². The summed E-state index contributed by atoms with van der Waals surface area (Å²) in [6, 6.07) is 11.2. The maximum Gasteiger partial charge on any atom is 0.247 e. The molecule has 0 unspecified atom stereocenters. The van der Waals surface area contributed by atoms with Gasteiger partial charge in [0, 0.05) is 12.1 Å². The van der Waals surface area contributed by atoms with Crippen LogP contribution >= 0.6 is 11.6 Å². The molecule has 2 aromatic rings. The molecular formula is C18H21ClN2O5S. The Hall–Kier alpha value is -2.29. The number of methoxy groups -OCH3 is 1. The molecule has 0 aliphatic rings. The number of rotatable bonds is 8. The van der Waals surface area contributed by atoms with E-state index in [9.17, 15) is 13.2 Å². The van der Waals surface area contributed by atoms with Gasteiger partial charge in [-0.15, -0.1) is 0 Å². The number of anilines is 1. The average molecular weight is 413 g/mol. The summed E-state index contributed by atoms with van der Waals surface area (Å²) in [4.78, 5) is 12.2. The third-order valence-electron chi connectivity index (χ3n) is 3.64. The second kappa shape index (κ2) is 9.07. The number of carbonyl (C=O) groups excluding carboxylic acids is 1. The molecule has 9 heteroatoms. The summed E-state index contributed by atoms with van der Waals surface area (Å²) < 4.78 is 37.1. The van der Waals surface area contributed by atoms with E-state index in [-0.39, 0.29) is 15.7 Å². The quantitative estimate of drug-likeness (QED) is 0.720. The fourth-order valence-electron chi connectivity index (χ4n) is 2.35. The molecule has 2 rings (SSSR count). The molecule has 146 valence electrons. The van der Waals surface area contributed by atoms with Crippen molar-refractivity contribution in [3.8, 4) is 11.5 Å². The van der Waals surface area contributed by atoms with Crippen molar-refractivity contribution in [2.45, 2.75) is 11.8 Å². The van der Waals surface area contributed by atoms with Crippen LogP contribution in [0.15, 0.2) is 47.4 Å². The van der Waals surface area contributed by atoms with E-state index in [4.69, 9.17) is 21.1 Å². The molecule has 1 amide bonds. The highest BCUT2D eigenvalue weighted by atomic mass is 35.5. The number of benzene rings is 2. The van der Waals surface area contributed by atoms with Crippen LogP contribution in [0.2, 0.25) is 5.02 Å². The number of halogens is 1. The van der Waals surface area contributed by atoms with Gasteiger partial charge in [0.1, 0.15) is 16.4 Å². The maximum absolute atomic E-state index is 12.8. The highest BCUT2D eigenvalue weighted by Gasteiger charge is 2.27. The van der Waals surface area contributed by atoms with Crippen LogP contribution in [-0.4, -0.2) is 45.9 Å². The van der Waals surface area contributed by atoms with E-state index in [1.807, 2.05) is 6.92 Å². The number of nitrogens with zero attached hydrogens (tertiary/aromatic N) is 1. The number of amides is 1. The summed E-state index contributed by atoms with van der Waals surface area (Å²) in [6.45, 7) is 1.88. The maximum atomic E-state index is 12.8. The Labute approximate surface area is 163 Å². The van der Waals surface area contributed by atoms with E-state index in [2.05, 4.69) is 5.32 Å². The van der Waals surface area contributed by atoms with Gasteiger partial charge in [0.15, 0.2) is 0 Å². The topological polar surface area (TPSA) is 84.9 Å². The number of para-hydroxylation sites is 2. The van der Waals surface area contributed by atoms with Crippen molar-refractivity contribution in [1.82, 2.24) is 4.31 Å². The Kier molecular flexibility index (Phi) is 7.06. The second-order valence-corrected chi connectivity index (χ2v) is 7.98. The number of hydrogen-bond acceptors (Lipinski definition) is 5. The molecule has 0 heterocycles. The minimum atomic E-state index is -3.98. The van der Waals surface area contributed by atoms with Crippen LogP contribution < -0.4 is 14.8 Å². The fourth-order valence-corrected chi connectivity index (χ4v) is 3.89. The minimum Gasteiger partial charge on any atom is -0.495 e. The van der Waals surface area contributed by atoms with Gasteiger partial charge in [-0.2, -0.15) is 4.31 Å². The zero-order valence-electron chi connectivity index (χ0n) is 15.2. The van der Waals surface area contributed by atoms with E-state index in [1.54, 1.807) is 24.3 Å². The molecule has 7 nitrogen and oxygen atoms in total. The number of hydrogen-bond donors (Lipinski definition) is 1. The number of sulfonamides is 1. The molecular weight excluding hydrogens is 392 g/mol. The van der Waals surface area contributed by atoms with Gasteiger partial charge in [-0.05, 0) is 37.3 Å². The summed E-state index contributed by atoms with van der Waals surface area (Å²) >= 11 is 5.91. The standard InChI is InChI=1S/C18H21ClN2O5S/c1-4-26-15-8-6-5-7-14(15)20-18(22)12-21(2)27(23,24)17-11-13(19)9-10-16(17)25-3/h5-11H,4,12H2,1-3H3,(H,20,22). The van der Waals surface area contributed by atoms with E-state index in [1.165, 1.54) is 32.4 Å². The predicted octanol–water partition coefficient (Wildman–Crippen LogP) is 3.01. The summed E-state index contributed by atoms with van der Waals surface area (Å²) in [5.74, 6) is 0.151. The molecule has 27 heavy (non-hydrogen) atoms. The molecule has 0 radical (unpaired) electrons. The molecule has 0 spiro atoms. The summed E-state index contributed by atoms with van der Waals surface area (Å²) in [7, 11) is -1.31. The molecule has 0 atom stereocenters. The number of ether oxygens (including phenoxy) is 2. The van der Waals surface area contributed by atoms with E-state index in [0.29, 0.717) is 18.0 Å². The lowest BCUT2D eigenvalue weighted by molar-refractivity contribution is -0.116. The van der Waals surface area contributed by atoms with Crippen LogP contribution in [0.3, 0.4) is 0 Å². The minimum absolute atomic E-state index is 0.109. The Bertz CT molecular complexity index is 918. The van der Waals surface area contributed by atoms with Crippen LogP contribution in [0.5, 0.6) is 11.5 Å². The Morgan fingerprint density at radius 1 is 1.19 bits per heavy atom. The average Bonchev–Trinajstić information content (AvgIpc) is 2.63. The molecule has 0 bridgehead atoms. The second-order valence-electron chi connectivity index (χ2n) is 5.53. The van der Waals surface area contributed by atoms with Gasteiger partial charge in [-0.1, -0.05) is 23.7 Å². The van der Waals surface area contributed by atoms with Crippen molar-refractivity contribution >= 4 is 33.2 Å². The van der Waals surface area contributed by atoms with Gasteiger partial charge >= 0.3 is 0 Å². The predicted molar refractivity (Wildman–Crippen MR) is 104 cm³/mol. The summed E-state index contributed by atoms with van der Waals surface area (Å²) in [5, 5.41) is 2.91. The lowest BCUT2D eigenvalue weighted by Crippen LogP contribution is -2.35. The van der Waals surface area contributed by atoms with Gasteiger partial charge in [-0.3, -0.25) is 4.79 Å². The first-order chi connectivity index (χ1) is 12.8. The van der Waals surface area contributed by atoms with Crippen molar-refractivity contribution in [3.63, 3.8) is 0 Å². The van der Waals surface area contributed by atoms with Crippen LogP contribution in [0.25, 0.3) is 0 Å². The Morgan fingerprint density at radius 3 is 2.56 bits per heavy atom. The first kappa shape index (κ1) is 21.0. The normalized spacial score (nSPS) is 11.3. The monoisotopic (exact) mass is 412 g/mol. The molecule has 0 saturated carbocycles. The lowest BCUT2D eigenvalue weighted by Gasteiger charge is -2.19. The molecule has 0 aliphatic heterocycles. The largest absolute Gasteiger partial charge is 0.495 e. The molecule has 0 aromatic heterocycles. The van der Waals surface area contributed by atoms with E-state index < -0.39 is 22.5 Å². The fraction of sp³-hybridized carbons (Fsp3) is 0.278. The van der Waals surface area contributed by atoms with Gasteiger partial charge in [-0.25, -0.2) is 8.42 Å². The Balaban J connectivity index is 2.18. The van der Waals surface area contributed by atoms with Crippen molar-refractivity contribution in [2.24, 2.45) is 0 Å². The third-order valence-corrected chi connectivity index (χ3v) is 5.70. The number of likely N-dealkylation sites (N-methyl/N-ethyl adjacent to an activating group) is 1. The van der Waals surface area contributed by atoms with Crippen LogP contribution in [0.4, 0.5) is 5.69 Å². The zero-order valence-corrected chi connectivity index (χ0v) is 16.8. The van der Waals surface area contributed by atoms with E-state index >= 15 is 0 Å².